The van der Waals surface area contributed by atoms with Crippen molar-refractivity contribution in [2.75, 3.05) is 0 Å². The number of carbonyl (C=O) groups excluding carboxylic acids is 1. The Balaban J connectivity index is 3.41. The summed E-state index contributed by atoms with van der Waals surface area (Å²) in [7, 11) is 0. The summed E-state index contributed by atoms with van der Waals surface area (Å²) in [6, 6.07) is 4.07. The molecule has 1 aromatic carbocycles. The average molecular weight is 290 g/mol. The van der Waals surface area contributed by atoms with Crippen molar-refractivity contribution in [2.24, 2.45) is 5.73 Å². The fraction of sp³-hybridized carbons (Fsp3) is 0. The first-order valence-corrected chi connectivity index (χ1v) is 4.33. The highest BCUT2D eigenvalue weighted by Crippen LogP contribution is 2.17. The van der Waals surface area contributed by atoms with Gasteiger partial charge >= 0.3 is 0 Å². The third-order valence-corrected chi connectivity index (χ3v) is 2.53. The van der Waals surface area contributed by atoms with Crippen molar-refractivity contribution in [3.05, 3.63) is 32.6 Å². The monoisotopic (exact) mass is 290 g/mol. The van der Waals surface area contributed by atoms with Gasteiger partial charge in [-0.05, 0) is 34.7 Å². The topological polar surface area (TPSA) is 66.9 Å². The van der Waals surface area contributed by atoms with Crippen LogP contribution in [-0.4, -0.2) is 5.91 Å². The Morgan fingerprint density at radius 3 is 2.69 bits per heavy atom. The Labute approximate surface area is 87.5 Å². The summed E-state index contributed by atoms with van der Waals surface area (Å²) in [4.78, 5) is 10.7. The first-order chi connectivity index (χ1) is 6.06. The number of halogens is 2. The third-order valence-electron chi connectivity index (χ3n) is 1.43. The summed E-state index contributed by atoms with van der Waals surface area (Å²) < 4.78 is 13.2. The van der Waals surface area contributed by atoms with E-state index >= 15 is 0 Å². The van der Waals surface area contributed by atoms with Gasteiger partial charge in [-0.25, -0.2) is 4.39 Å². The molecule has 2 N–H and O–H groups in total. The Morgan fingerprint density at radius 1 is 1.62 bits per heavy atom. The van der Waals surface area contributed by atoms with Gasteiger partial charge in [0.2, 0.25) is 5.91 Å². The minimum atomic E-state index is -0.744. The molecule has 0 saturated heterocycles. The van der Waals surface area contributed by atoms with Gasteiger partial charge in [-0.3, -0.25) is 4.79 Å². The minimum absolute atomic E-state index is 0.00876. The lowest BCUT2D eigenvalue weighted by molar-refractivity contribution is 0.1000. The lowest BCUT2D eigenvalue weighted by Crippen LogP contribution is -2.12. The number of carbonyl (C=O) groups is 1. The van der Waals surface area contributed by atoms with Crippen molar-refractivity contribution in [3.63, 3.8) is 0 Å². The number of rotatable bonds is 1. The normalized spacial score (nSPS) is 9.31. The largest absolute Gasteiger partial charge is 0.366 e. The quantitative estimate of drug-likeness (QED) is 0.794. The molecule has 0 saturated carbocycles. The highest BCUT2D eigenvalue weighted by Gasteiger charge is 2.10. The van der Waals surface area contributed by atoms with E-state index < -0.39 is 11.7 Å². The lowest BCUT2D eigenvalue weighted by Gasteiger charge is -2.00. The van der Waals surface area contributed by atoms with Crippen LogP contribution in [0.25, 0.3) is 0 Å². The number of primary amides is 1. The first-order valence-electron chi connectivity index (χ1n) is 3.25. The van der Waals surface area contributed by atoms with Gasteiger partial charge in [0, 0.05) is 5.56 Å². The second-order valence-electron chi connectivity index (χ2n) is 2.30. The highest BCUT2D eigenvalue weighted by molar-refractivity contribution is 14.1. The lowest BCUT2D eigenvalue weighted by atomic mass is 10.1. The molecular formula is C8H4FIN2O. The Kier molecular flexibility index (Phi) is 2.83. The van der Waals surface area contributed by atoms with Crippen molar-refractivity contribution in [1.82, 2.24) is 0 Å². The summed E-state index contributed by atoms with van der Waals surface area (Å²) in [6.07, 6.45) is 0. The third kappa shape index (κ3) is 1.95. The van der Waals surface area contributed by atoms with E-state index in [1.165, 1.54) is 6.07 Å². The van der Waals surface area contributed by atoms with Crippen LogP contribution in [0.1, 0.15) is 15.9 Å². The molecule has 13 heavy (non-hydrogen) atoms. The van der Waals surface area contributed by atoms with Crippen LogP contribution >= 0.6 is 22.6 Å². The van der Waals surface area contributed by atoms with Gasteiger partial charge in [-0.2, -0.15) is 5.26 Å². The molecule has 0 aromatic heterocycles. The number of benzene rings is 1. The number of nitriles is 1. The van der Waals surface area contributed by atoms with Gasteiger partial charge in [0.05, 0.1) is 9.13 Å². The molecule has 0 aliphatic carbocycles. The Morgan fingerprint density at radius 2 is 2.23 bits per heavy atom. The fourth-order valence-electron chi connectivity index (χ4n) is 0.813. The van der Waals surface area contributed by atoms with E-state index in [2.05, 4.69) is 0 Å². The molecule has 5 heteroatoms. The summed E-state index contributed by atoms with van der Waals surface area (Å²) in [6.45, 7) is 0. The van der Waals surface area contributed by atoms with E-state index in [-0.39, 0.29) is 14.7 Å². The summed E-state index contributed by atoms with van der Waals surface area (Å²) >= 11 is 1.70. The van der Waals surface area contributed by atoms with Gasteiger partial charge < -0.3 is 5.73 Å². The number of hydrogen-bond donors (Lipinski definition) is 1. The molecule has 0 bridgehead atoms. The van der Waals surface area contributed by atoms with Crippen LogP contribution in [0.15, 0.2) is 12.1 Å². The molecule has 1 amide bonds. The van der Waals surface area contributed by atoms with E-state index in [0.717, 1.165) is 6.07 Å². The van der Waals surface area contributed by atoms with Gasteiger partial charge in [0.25, 0.3) is 0 Å². The molecule has 66 valence electrons. The van der Waals surface area contributed by atoms with Crippen molar-refractivity contribution < 1.29 is 9.18 Å². The van der Waals surface area contributed by atoms with Crippen LogP contribution in [0.2, 0.25) is 0 Å². The number of hydrogen-bond acceptors (Lipinski definition) is 2. The van der Waals surface area contributed by atoms with E-state index in [4.69, 9.17) is 11.0 Å². The van der Waals surface area contributed by atoms with Crippen LogP contribution in [0, 0.1) is 20.7 Å². The molecule has 0 unspecified atom stereocenters. The summed E-state index contributed by atoms with van der Waals surface area (Å²) in [5, 5.41) is 8.58. The smallest absolute Gasteiger partial charge is 0.248 e. The Bertz CT molecular complexity index is 411. The van der Waals surface area contributed by atoms with Crippen LogP contribution in [0.3, 0.4) is 0 Å². The van der Waals surface area contributed by atoms with E-state index in [1.54, 1.807) is 28.7 Å². The number of nitrogens with zero attached hydrogens (tertiary/aromatic N) is 1. The van der Waals surface area contributed by atoms with Gasteiger partial charge in [0.1, 0.15) is 11.9 Å². The molecule has 0 spiro atoms. The maximum atomic E-state index is 13.0. The summed E-state index contributed by atoms with van der Waals surface area (Å²) in [5.74, 6) is -1.35. The van der Waals surface area contributed by atoms with Crippen LogP contribution < -0.4 is 5.73 Å². The standard InChI is InChI=1S/C8H4FIN2O/c9-6-2-4(8(12)13)1-5(3-11)7(6)10/h1-2H,(H2,12,13). The summed E-state index contributed by atoms with van der Waals surface area (Å²) in [5.41, 5.74) is 5.07. The zero-order valence-corrected chi connectivity index (χ0v) is 8.50. The van der Waals surface area contributed by atoms with Crippen LogP contribution in [-0.2, 0) is 0 Å². The van der Waals surface area contributed by atoms with Crippen LogP contribution in [0.4, 0.5) is 4.39 Å². The van der Waals surface area contributed by atoms with E-state index in [0.29, 0.717) is 0 Å². The second-order valence-corrected chi connectivity index (χ2v) is 3.37. The predicted octanol–water partition coefficient (Wildman–Crippen LogP) is 1.40. The van der Waals surface area contributed by atoms with Crippen molar-refractivity contribution in [1.29, 1.82) is 5.26 Å². The molecule has 0 radical (unpaired) electrons. The molecular weight excluding hydrogens is 286 g/mol. The second kappa shape index (κ2) is 3.70. The Hall–Kier alpha value is -1.16. The fourth-order valence-corrected chi connectivity index (χ4v) is 1.24. The van der Waals surface area contributed by atoms with Crippen molar-refractivity contribution in [3.8, 4) is 6.07 Å². The van der Waals surface area contributed by atoms with Crippen molar-refractivity contribution >= 4 is 28.5 Å². The molecule has 0 aliphatic rings. The molecule has 0 heterocycles. The molecule has 1 rings (SSSR count). The molecule has 0 atom stereocenters. The predicted molar refractivity (Wildman–Crippen MR) is 52.3 cm³/mol. The van der Waals surface area contributed by atoms with Crippen molar-refractivity contribution in [2.45, 2.75) is 0 Å². The minimum Gasteiger partial charge on any atom is -0.366 e. The maximum Gasteiger partial charge on any atom is 0.248 e. The van der Waals surface area contributed by atoms with Gasteiger partial charge in [-0.15, -0.1) is 0 Å². The van der Waals surface area contributed by atoms with Gasteiger partial charge in [0.15, 0.2) is 0 Å². The number of amides is 1. The molecule has 0 aliphatic heterocycles. The first kappa shape index (κ1) is 9.92. The zero-order chi connectivity index (χ0) is 10.0. The maximum absolute atomic E-state index is 13.0. The SMILES string of the molecule is N#Cc1cc(C(N)=O)cc(F)c1I. The average Bonchev–Trinajstić information content (AvgIpc) is 2.09. The van der Waals surface area contributed by atoms with Gasteiger partial charge in [-0.1, -0.05) is 0 Å². The molecule has 0 fully saturated rings. The molecule has 1 aromatic rings. The zero-order valence-electron chi connectivity index (χ0n) is 6.34. The van der Waals surface area contributed by atoms with Crippen LogP contribution in [0.5, 0.6) is 0 Å². The van der Waals surface area contributed by atoms with E-state index in [1.807, 2.05) is 0 Å². The number of nitrogens with two attached hydrogens (primary N) is 1. The van der Waals surface area contributed by atoms with E-state index in [9.17, 15) is 9.18 Å². The molecule has 3 nitrogen and oxygen atoms in total. The highest BCUT2D eigenvalue weighted by atomic mass is 127.